The van der Waals surface area contributed by atoms with Gasteiger partial charge in [-0.3, -0.25) is 0 Å². The third-order valence-corrected chi connectivity index (χ3v) is 3.51. The maximum atomic E-state index is 5.92. The van der Waals surface area contributed by atoms with Crippen LogP contribution in [-0.4, -0.2) is 9.97 Å². The molecule has 7 heteroatoms. The Bertz CT molecular complexity index is 590. The number of hydrazine groups is 1. The van der Waals surface area contributed by atoms with Gasteiger partial charge in [-0.2, -0.15) is 0 Å². The van der Waals surface area contributed by atoms with Crippen LogP contribution >= 0.6 is 27.5 Å². The number of nitrogens with one attached hydrogen (secondary N) is 2. The van der Waals surface area contributed by atoms with Gasteiger partial charge in [-0.1, -0.05) is 18.5 Å². The van der Waals surface area contributed by atoms with E-state index in [0.29, 0.717) is 16.7 Å². The molecule has 0 amide bonds. The molecule has 1 aromatic heterocycles. The van der Waals surface area contributed by atoms with Crippen molar-refractivity contribution in [3.05, 3.63) is 39.6 Å². The van der Waals surface area contributed by atoms with Crippen molar-refractivity contribution >= 4 is 44.9 Å². The van der Waals surface area contributed by atoms with Gasteiger partial charge in [0.1, 0.15) is 18.0 Å². The van der Waals surface area contributed by atoms with Crippen LogP contribution in [0.3, 0.4) is 0 Å². The standard InChI is InChI=1S/C12H13BrClN5/c1-2-8-11(16-6-17-12(8)19-15)18-10-4-3-7(14)5-9(10)13/h3-6H,2,15H2,1H3,(H2,16,17,18,19). The fourth-order valence-corrected chi connectivity index (χ4v) is 2.48. The lowest BCUT2D eigenvalue weighted by atomic mass is 10.2. The van der Waals surface area contributed by atoms with Gasteiger partial charge in [0.15, 0.2) is 0 Å². The number of nitrogens with two attached hydrogens (primary N) is 1. The third kappa shape index (κ3) is 3.15. The molecule has 0 radical (unpaired) electrons. The van der Waals surface area contributed by atoms with Crippen LogP contribution in [0.25, 0.3) is 0 Å². The molecule has 0 spiro atoms. The molecule has 5 nitrogen and oxygen atoms in total. The van der Waals surface area contributed by atoms with Gasteiger partial charge in [-0.25, -0.2) is 15.8 Å². The summed E-state index contributed by atoms with van der Waals surface area (Å²) in [6, 6.07) is 5.51. The molecule has 0 saturated heterocycles. The molecule has 0 fully saturated rings. The number of benzene rings is 1. The number of anilines is 3. The Balaban J connectivity index is 2.37. The molecule has 0 bridgehead atoms. The predicted octanol–water partition coefficient (Wildman–Crippen LogP) is 3.48. The first-order chi connectivity index (χ1) is 9.15. The second-order valence-electron chi connectivity index (χ2n) is 3.80. The van der Waals surface area contributed by atoms with Crippen LogP contribution in [-0.2, 0) is 6.42 Å². The molecule has 0 atom stereocenters. The summed E-state index contributed by atoms with van der Waals surface area (Å²) >= 11 is 9.37. The fourth-order valence-electron chi connectivity index (χ4n) is 1.70. The van der Waals surface area contributed by atoms with Gasteiger partial charge in [0, 0.05) is 15.1 Å². The predicted molar refractivity (Wildman–Crippen MR) is 81.7 cm³/mol. The number of nitrogens with zero attached hydrogens (tertiary/aromatic N) is 2. The molecule has 0 unspecified atom stereocenters. The number of halogens is 2. The Morgan fingerprint density at radius 3 is 2.68 bits per heavy atom. The summed E-state index contributed by atoms with van der Waals surface area (Å²) in [5.74, 6) is 6.78. The van der Waals surface area contributed by atoms with E-state index in [1.165, 1.54) is 6.33 Å². The number of nitrogen functional groups attached to an aromatic ring is 1. The Kier molecular flexibility index (Phi) is 4.57. The van der Waals surface area contributed by atoms with Crippen molar-refractivity contribution in [3.8, 4) is 0 Å². The normalized spacial score (nSPS) is 10.3. The zero-order chi connectivity index (χ0) is 13.8. The van der Waals surface area contributed by atoms with Crippen LogP contribution in [0.4, 0.5) is 17.3 Å². The lowest BCUT2D eigenvalue weighted by molar-refractivity contribution is 1.04. The van der Waals surface area contributed by atoms with E-state index in [9.17, 15) is 0 Å². The van der Waals surface area contributed by atoms with E-state index in [1.807, 2.05) is 25.1 Å². The van der Waals surface area contributed by atoms with E-state index >= 15 is 0 Å². The van der Waals surface area contributed by atoms with Crippen molar-refractivity contribution in [2.45, 2.75) is 13.3 Å². The summed E-state index contributed by atoms with van der Waals surface area (Å²) in [6.45, 7) is 2.02. The van der Waals surface area contributed by atoms with E-state index in [4.69, 9.17) is 17.4 Å². The van der Waals surface area contributed by atoms with Gasteiger partial charge < -0.3 is 10.7 Å². The van der Waals surface area contributed by atoms with E-state index in [-0.39, 0.29) is 0 Å². The molecule has 19 heavy (non-hydrogen) atoms. The number of hydrogen-bond acceptors (Lipinski definition) is 5. The molecule has 2 aromatic rings. The maximum absolute atomic E-state index is 5.92. The average Bonchev–Trinajstić information content (AvgIpc) is 2.41. The second kappa shape index (κ2) is 6.18. The highest BCUT2D eigenvalue weighted by molar-refractivity contribution is 9.10. The molecule has 1 heterocycles. The second-order valence-corrected chi connectivity index (χ2v) is 5.09. The average molecular weight is 343 g/mol. The number of hydrogen-bond donors (Lipinski definition) is 3. The summed E-state index contributed by atoms with van der Waals surface area (Å²) in [5.41, 5.74) is 4.37. The highest BCUT2D eigenvalue weighted by atomic mass is 79.9. The molecule has 1 aromatic carbocycles. The zero-order valence-electron chi connectivity index (χ0n) is 10.2. The Labute approximate surface area is 124 Å². The van der Waals surface area contributed by atoms with Crippen LogP contribution in [0.15, 0.2) is 29.0 Å². The number of aromatic nitrogens is 2. The minimum atomic E-state index is 0.616. The van der Waals surface area contributed by atoms with Crippen LogP contribution in [0, 0.1) is 0 Å². The highest BCUT2D eigenvalue weighted by Crippen LogP contribution is 2.30. The minimum absolute atomic E-state index is 0.616. The van der Waals surface area contributed by atoms with Crippen molar-refractivity contribution in [1.82, 2.24) is 9.97 Å². The van der Waals surface area contributed by atoms with Gasteiger partial charge in [0.25, 0.3) is 0 Å². The van der Waals surface area contributed by atoms with Crippen molar-refractivity contribution in [2.75, 3.05) is 10.7 Å². The smallest absolute Gasteiger partial charge is 0.148 e. The van der Waals surface area contributed by atoms with Crippen LogP contribution < -0.4 is 16.6 Å². The highest BCUT2D eigenvalue weighted by Gasteiger charge is 2.10. The summed E-state index contributed by atoms with van der Waals surface area (Å²) in [7, 11) is 0. The first-order valence-electron chi connectivity index (χ1n) is 5.68. The molecule has 0 aliphatic rings. The molecular weight excluding hydrogens is 330 g/mol. The summed E-state index contributed by atoms with van der Waals surface area (Å²) in [6.07, 6.45) is 2.22. The van der Waals surface area contributed by atoms with Gasteiger partial charge in [0.2, 0.25) is 0 Å². The monoisotopic (exact) mass is 341 g/mol. The van der Waals surface area contributed by atoms with E-state index in [0.717, 1.165) is 22.1 Å². The molecule has 0 saturated carbocycles. The summed E-state index contributed by atoms with van der Waals surface area (Å²) in [4.78, 5) is 8.33. The van der Waals surface area contributed by atoms with Crippen molar-refractivity contribution in [1.29, 1.82) is 0 Å². The Morgan fingerprint density at radius 1 is 1.32 bits per heavy atom. The molecule has 100 valence electrons. The molecule has 0 aliphatic heterocycles. The van der Waals surface area contributed by atoms with E-state index in [2.05, 4.69) is 36.6 Å². The lowest BCUT2D eigenvalue weighted by Gasteiger charge is -2.13. The molecular formula is C12H13BrClN5. The van der Waals surface area contributed by atoms with Gasteiger partial charge in [-0.05, 0) is 40.5 Å². The van der Waals surface area contributed by atoms with Crippen molar-refractivity contribution < 1.29 is 0 Å². The summed E-state index contributed by atoms with van der Waals surface area (Å²) < 4.78 is 0.864. The van der Waals surface area contributed by atoms with Gasteiger partial charge in [-0.15, -0.1) is 0 Å². The van der Waals surface area contributed by atoms with Crippen LogP contribution in [0.5, 0.6) is 0 Å². The van der Waals surface area contributed by atoms with E-state index in [1.54, 1.807) is 0 Å². The van der Waals surface area contributed by atoms with Crippen LogP contribution in [0.1, 0.15) is 12.5 Å². The first kappa shape index (κ1) is 14.0. The molecule has 0 aliphatic carbocycles. The van der Waals surface area contributed by atoms with Crippen LogP contribution in [0.2, 0.25) is 5.02 Å². The number of rotatable bonds is 4. The van der Waals surface area contributed by atoms with E-state index < -0.39 is 0 Å². The van der Waals surface area contributed by atoms with Crippen molar-refractivity contribution in [3.63, 3.8) is 0 Å². The quantitative estimate of drug-likeness (QED) is 0.586. The topological polar surface area (TPSA) is 75.9 Å². The van der Waals surface area contributed by atoms with Gasteiger partial charge in [0.05, 0.1) is 5.69 Å². The largest absolute Gasteiger partial charge is 0.339 e. The third-order valence-electron chi connectivity index (χ3n) is 2.62. The van der Waals surface area contributed by atoms with Gasteiger partial charge >= 0.3 is 0 Å². The zero-order valence-corrected chi connectivity index (χ0v) is 12.6. The van der Waals surface area contributed by atoms with Crippen molar-refractivity contribution in [2.24, 2.45) is 5.84 Å². The first-order valence-corrected chi connectivity index (χ1v) is 6.85. The fraction of sp³-hybridized carbons (Fsp3) is 0.167. The summed E-state index contributed by atoms with van der Waals surface area (Å²) in [5, 5.41) is 3.91. The Hall–Kier alpha value is -1.37. The maximum Gasteiger partial charge on any atom is 0.148 e. The minimum Gasteiger partial charge on any atom is -0.339 e. The molecule has 4 N–H and O–H groups in total. The SMILES string of the molecule is CCc1c(NN)ncnc1Nc1ccc(Cl)cc1Br. The lowest BCUT2D eigenvalue weighted by Crippen LogP contribution is -2.13. The molecule has 2 rings (SSSR count). The Morgan fingerprint density at radius 2 is 2.05 bits per heavy atom.